The Morgan fingerprint density at radius 1 is 1.04 bits per heavy atom. The average Bonchev–Trinajstić information content (AvgIpc) is 3.04. The Hall–Kier alpha value is -2.54. The fourth-order valence-corrected chi connectivity index (χ4v) is 4.50. The van der Waals surface area contributed by atoms with Crippen molar-refractivity contribution in [2.45, 2.75) is 38.5 Å². The topological polar surface area (TPSA) is 75.7 Å². The molecule has 0 saturated carbocycles. The van der Waals surface area contributed by atoms with Crippen LogP contribution in [0.15, 0.2) is 35.2 Å². The maximum Gasteiger partial charge on any atom is 0.265 e. The highest BCUT2D eigenvalue weighted by Crippen LogP contribution is 2.32. The largest absolute Gasteiger partial charge is 0.495 e. The van der Waals surface area contributed by atoms with Crippen molar-refractivity contribution in [1.29, 1.82) is 0 Å². The van der Waals surface area contributed by atoms with Gasteiger partial charge in [-0.2, -0.15) is 0 Å². The van der Waals surface area contributed by atoms with Gasteiger partial charge in [-0.3, -0.25) is 9.52 Å². The number of anilines is 2. The Morgan fingerprint density at radius 3 is 2.37 bits per heavy atom. The van der Waals surface area contributed by atoms with Crippen molar-refractivity contribution in [2.75, 3.05) is 23.3 Å². The summed E-state index contributed by atoms with van der Waals surface area (Å²) >= 11 is 0. The third-order valence-electron chi connectivity index (χ3n) is 4.90. The monoisotopic (exact) mass is 388 g/mol. The molecule has 0 radical (unpaired) electrons. The van der Waals surface area contributed by atoms with E-state index in [1.807, 2.05) is 26.8 Å². The Balaban J connectivity index is 1.97. The molecular weight excluding hydrogens is 364 g/mol. The third-order valence-corrected chi connectivity index (χ3v) is 6.30. The van der Waals surface area contributed by atoms with Crippen molar-refractivity contribution in [2.24, 2.45) is 0 Å². The maximum atomic E-state index is 13.0. The number of sulfonamides is 1. The number of rotatable bonds is 5. The van der Waals surface area contributed by atoms with Crippen molar-refractivity contribution >= 4 is 27.3 Å². The summed E-state index contributed by atoms with van der Waals surface area (Å²) < 4.78 is 33.8. The summed E-state index contributed by atoms with van der Waals surface area (Å²) in [6, 6.07) is 8.55. The summed E-state index contributed by atoms with van der Waals surface area (Å²) in [5, 5.41) is 0. The minimum Gasteiger partial charge on any atom is -0.495 e. The molecule has 1 aliphatic heterocycles. The second-order valence-corrected chi connectivity index (χ2v) is 8.49. The summed E-state index contributed by atoms with van der Waals surface area (Å²) in [6.45, 7) is 6.32. The van der Waals surface area contributed by atoms with Gasteiger partial charge in [0, 0.05) is 18.7 Å². The third kappa shape index (κ3) is 3.78. The predicted molar refractivity (Wildman–Crippen MR) is 106 cm³/mol. The van der Waals surface area contributed by atoms with Gasteiger partial charge in [0.2, 0.25) is 5.91 Å². The number of hydrogen-bond acceptors (Lipinski definition) is 4. The summed E-state index contributed by atoms with van der Waals surface area (Å²) in [6.07, 6.45) is 1.34. The lowest BCUT2D eigenvalue weighted by atomic mass is 10.1. The summed E-state index contributed by atoms with van der Waals surface area (Å²) in [4.78, 5) is 13.9. The highest BCUT2D eigenvalue weighted by molar-refractivity contribution is 7.92. The molecule has 0 spiro atoms. The molecule has 1 heterocycles. The Kier molecular flexibility index (Phi) is 5.15. The molecule has 6 nitrogen and oxygen atoms in total. The van der Waals surface area contributed by atoms with E-state index >= 15 is 0 Å². The molecule has 0 aliphatic carbocycles. The molecule has 144 valence electrons. The molecule has 1 saturated heterocycles. The summed E-state index contributed by atoms with van der Waals surface area (Å²) in [7, 11) is -2.39. The summed E-state index contributed by atoms with van der Waals surface area (Å²) in [5.74, 6) is 0.363. The quantitative estimate of drug-likeness (QED) is 0.850. The minimum atomic E-state index is -3.84. The molecule has 0 unspecified atom stereocenters. The van der Waals surface area contributed by atoms with Gasteiger partial charge >= 0.3 is 0 Å². The molecule has 1 fully saturated rings. The van der Waals surface area contributed by atoms with E-state index in [0.717, 1.165) is 28.8 Å². The van der Waals surface area contributed by atoms with Crippen LogP contribution < -0.4 is 14.4 Å². The number of nitrogens with zero attached hydrogens (tertiary/aromatic N) is 1. The molecule has 2 aromatic rings. The molecule has 0 atom stereocenters. The van der Waals surface area contributed by atoms with Gasteiger partial charge in [0.15, 0.2) is 0 Å². The van der Waals surface area contributed by atoms with Crippen LogP contribution in [0.1, 0.15) is 29.5 Å². The van der Waals surface area contributed by atoms with Gasteiger partial charge in [-0.15, -0.1) is 0 Å². The Bertz CT molecular complexity index is 999. The number of aryl methyl sites for hydroxylation is 3. The van der Waals surface area contributed by atoms with Crippen LogP contribution in [0.25, 0.3) is 0 Å². The standard InChI is InChI=1S/C20H24N2O4S/c1-13-7-8-16(12-17(13)22-9-5-6-20(22)23)21-27(24,25)19-11-15(3)14(2)10-18(19)26-4/h7-8,10-12,21H,5-6,9H2,1-4H3. The van der Waals surface area contributed by atoms with Gasteiger partial charge in [-0.25, -0.2) is 8.42 Å². The predicted octanol–water partition coefficient (Wildman–Crippen LogP) is 3.55. The van der Waals surface area contributed by atoms with Gasteiger partial charge in [-0.1, -0.05) is 6.07 Å². The normalized spacial score (nSPS) is 14.5. The molecule has 0 aromatic heterocycles. The molecule has 0 bridgehead atoms. The first-order valence-corrected chi connectivity index (χ1v) is 10.3. The summed E-state index contributed by atoms with van der Waals surface area (Å²) in [5.41, 5.74) is 3.90. The zero-order valence-corrected chi connectivity index (χ0v) is 16.8. The van der Waals surface area contributed by atoms with Crippen LogP contribution in [-0.2, 0) is 14.8 Å². The highest BCUT2D eigenvalue weighted by Gasteiger charge is 2.25. The average molecular weight is 388 g/mol. The highest BCUT2D eigenvalue weighted by atomic mass is 32.2. The van der Waals surface area contributed by atoms with Gasteiger partial charge in [-0.05, 0) is 68.1 Å². The lowest BCUT2D eigenvalue weighted by Gasteiger charge is -2.20. The molecule has 2 aromatic carbocycles. The lowest BCUT2D eigenvalue weighted by molar-refractivity contribution is -0.117. The number of ether oxygens (including phenoxy) is 1. The minimum absolute atomic E-state index is 0.0638. The van der Waals surface area contributed by atoms with E-state index in [1.165, 1.54) is 7.11 Å². The lowest BCUT2D eigenvalue weighted by Crippen LogP contribution is -2.24. The van der Waals surface area contributed by atoms with Crippen molar-refractivity contribution < 1.29 is 17.9 Å². The fourth-order valence-electron chi connectivity index (χ4n) is 3.21. The SMILES string of the molecule is COc1cc(C)c(C)cc1S(=O)(=O)Nc1ccc(C)c(N2CCCC2=O)c1. The van der Waals surface area contributed by atoms with Crippen molar-refractivity contribution in [1.82, 2.24) is 0 Å². The number of carbonyl (C=O) groups excluding carboxylic acids is 1. The van der Waals surface area contributed by atoms with Gasteiger partial charge in [0.25, 0.3) is 10.0 Å². The van der Waals surface area contributed by atoms with Crippen molar-refractivity contribution in [3.8, 4) is 5.75 Å². The first kappa shape index (κ1) is 19.2. The molecule has 3 rings (SSSR count). The second kappa shape index (κ2) is 7.23. The van der Waals surface area contributed by atoms with E-state index in [0.29, 0.717) is 24.4 Å². The van der Waals surface area contributed by atoms with Crippen LogP contribution >= 0.6 is 0 Å². The van der Waals surface area contributed by atoms with E-state index in [2.05, 4.69) is 4.72 Å². The molecule has 1 aliphatic rings. The van der Waals surface area contributed by atoms with Crippen molar-refractivity contribution in [3.05, 3.63) is 47.0 Å². The Labute approximate surface area is 160 Å². The van der Waals surface area contributed by atoms with Gasteiger partial charge in [0.1, 0.15) is 10.6 Å². The van der Waals surface area contributed by atoms with E-state index in [1.54, 1.807) is 29.2 Å². The van der Waals surface area contributed by atoms with E-state index < -0.39 is 10.0 Å². The second-order valence-electron chi connectivity index (χ2n) is 6.84. The smallest absolute Gasteiger partial charge is 0.265 e. The van der Waals surface area contributed by atoms with Crippen LogP contribution in [0.4, 0.5) is 11.4 Å². The molecule has 1 N–H and O–H groups in total. The molecule has 27 heavy (non-hydrogen) atoms. The number of nitrogens with one attached hydrogen (secondary N) is 1. The van der Waals surface area contributed by atoms with E-state index in [9.17, 15) is 13.2 Å². The number of amides is 1. The number of carbonyl (C=O) groups is 1. The van der Waals surface area contributed by atoms with Crippen LogP contribution in [-0.4, -0.2) is 28.0 Å². The van der Waals surface area contributed by atoms with Gasteiger partial charge in [0.05, 0.1) is 12.8 Å². The first-order valence-electron chi connectivity index (χ1n) is 8.82. The van der Waals surface area contributed by atoms with Crippen LogP contribution in [0.3, 0.4) is 0 Å². The van der Waals surface area contributed by atoms with E-state index in [-0.39, 0.29) is 10.8 Å². The molecular formula is C20H24N2O4S. The zero-order valence-electron chi connectivity index (χ0n) is 16.0. The van der Waals surface area contributed by atoms with Crippen LogP contribution in [0.5, 0.6) is 5.75 Å². The maximum absolute atomic E-state index is 13.0. The van der Waals surface area contributed by atoms with Crippen LogP contribution in [0.2, 0.25) is 0 Å². The van der Waals surface area contributed by atoms with Gasteiger partial charge < -0.3 is 9.64 Å². The molecule has 7 heteroatoms. The van der Waals surface area contributed by atoms with Crippen LogP contribution in [0, 0.1) is 20.8 Å². The van der Waals surface area contributed by atoms with Crippen molar-refractivity contribution in [3.63, 3.8) is 0 Å². The number of methoxy groups -OCH3 is 1. The first-order chi connectivity index (χ1) is 12.7. The number of hydrogen-bond donors (Lipinski definition) is 1. The zero-order chi connectivity index (χ0) is 19.8. The fraction of sp³-hybridized carbons (Fsp3) is 0.350. The number of benzene rings is 2. The van der Waals surface area contributed by atoms with E-state index in [4.69, 9.17) is 4.74 Å². The Morgan fingerprint density at radius 2 is 1.74 bits per heavy atom. The molecule has 1 amide bonds.